The molecular formula is C18H29N3. The van der Waals surface area contributed by atoms with E-state index in [4.69, 9.17) is 5.73 Å². The lowest BCUT2D eigenvalue weighted by Gasteiger charge is -2.44. The molecule has 1 aromatic rings. The molecule has 2 fully saturated rings. The second-order valence-corrected chi connectivity index (χ2v) is 7.15. The zero-order valence-corrected chi connectivity index (χ0v) is 13.5. The molecule has 21 heavy (non-hydrogen) atoms. The van der Waals surface area contributed by atoms with Gasteiger partial charge in [-0.2, -0.15) is 0 Å². The first-order valence-electron chi connectivity index (χ1n) is 8.47. The summed E-state index contributed by atoms with van der Waals surface area (Å²) in [7, 11) is 0. The number of rotatable bonds is 2. The normalized spacial score (nSPS) is 31.3. The number of hydrogen-bond acceptors (Lipinski definition) is 3. The number of nitrogens with two attached hydrogens (primary N) is 1. The van der Waals surface area contributed by atoms with Gasteiger partial charge in [0.1, 0.15) is 0 Å². The molecule has 3 rings (SSSR count). The average molecular weight is 287 g/mol. The van der Waals surface area contributed by atoms with Crippen LogP contribution in [0.25, 0.3) is 0 Å². The highest BCUT2D eigenvalue weighted by atomic mass is 15.3. The van der Waals surface area contributed by atoms with Crippen LogP contribution in [0, 0.1) is 11.8 Å². The lowest BCUT2D eigenvalue weighted by Crippen LogP contribution is -2.52. The van der Waals surface area contributed by atoms with E-state index >= 15 is 0 Å². The number of nitrogens with zero attached hydrogens (tertiary/aromatic N) is 2. The predicted octanol–water partition coefficient (Wildman–Crippen LogP) is 3.22. The highest BCUT2D eigenvalue weighted by Crippen LogP contribution is 2.32. The molecule has 0 bridgehead atoms. The van der Waals surface area contributed by atoms with Gasteiger partial charge in [0, 0.05) is 32.2 Å². The highest BCUT2D eigenvalue weighted by molar-refractivity contribution is 5.67. The Morgan fingerprint density at radius 2 is 1.52 bits per heavy atom. The summed E-state index contributed by atoms with van der Waals surface area (Å²) in [4.78, 5) is 5.17. The van der Waals surface area contributed by atoms with Crippen molar-refractivity contribution in [2.24, 2.45) is 11.8 Å². The van der Waals surface area contributed by atoms with Crippen LogP contribution < -0.4 is 10.6 Å². The van der Waals surface area contributed by atoms with Crippen molar-refractivity contribution in [3.63, 3.8) is 0 Å². The lowest BCUT2D eigenvalue weighted by atomic mass is 9.79. The van der Waals surface area contributed by atoms with Crippen LogP contribution in [0.5, 0.6) is 0 Å². The molecule has 0 amide bonds. The standard InChI is InChI=1S/C18H29N3/c1-14-11-15(2)13-16(12-14)20-7-9-21(10-8-20)18-6-4-3-5-17(18)19/h3-6,14-16H,7-13,19H2,1-2H3. The van der Waals surface area contributed by atoms with E-state index in [1.54, 1.807) is 0 Å². The number of piperazine rings is 1. The Kier molecular flexibility index (Phi) is 4.39. The fraction of sp³-hybridized carbons (Fsp3) is 0.667. The third-order valence-corrected chi connectivity index (χ3v) is 5.26. The van der Waals surface area contributed by atoms with Crippen molar-refractivity contribution >= 4 is 11.4 Å². The summed E-state index contributed by atoms with van der Waals surface area (Å²) in [5.41, 5.74) is 8.23. The molecule has 3 nitrogen and oxygen atoms in total. The van der Waals surface area contributed by atoms with Gasteiger partial charge in [0.25, 0.3) is 0 Å². The van der Waals surface area contributed by atoms with Crippen molar-refractivity contribution in [1.82, 2.24) is 4.90 Å². The van der Waals surface area contributed by atoms with Crippen LogP contribution in [0.1, 0.15) is 33.1 Å². The van der Waals surface area contributed by atoms with Gasteiger partial charge in [0.2, 0.25) is 0 Å². The summed E-state index contributed by atoms with van der Waals surface area (Å²) >= 11 is 0. The van der Waals surface area contributed by atoms with Crippen molar-refractivity contribution in [2.45, 2.75) is 39.2 Å². The Morgan fingerprint density at radius 1 is 0.905 bits per heavy atom. The van der Waals surface area contributed by atoms with E-state index in [1.807, 2.05) is 12.1 Å². The maximum absolute atomic E-state index is 6.11. The zero-order valence-electron chi connectivity index (χ0n) is 13.5. The minimum atomic E-state index is 0.805. The Bertz CT molecular complexity index is 455. The summed E-state index contributed by atoms with van der Waals surface area (Å²) in [6, 6.07) is 9.06. The van der Waals surface area contributed by atoms with Gasteiger partial charge in [0.15, 0.2) is 0 Å². The molecule has 2 aliphatic rings. The molecule has 1 aromatic carbocycles. The smallest absolute Gasteiger partial charge is 0.0600 e. The molecule has 1 saturated carbocycles. The first-order valence-corrected chi connectivity index (χ1v) is 8.47. The first-order chi connectivity index (χ1) is 10.1. The number of hydrogen-bond donors (Lipinski definition) is 1. The fourth-order valence-corrected chi connectivity index (χ4v) is 4.31. The molecule has 1 heterocycles. The van der Waals surface area contributed by atoms with Crippen molar-refractivity contribution in [3.8, 4) is 0 Å². The van der Waals surface area contributed by atoms with Crippen molar-refractivity contribution in [3.05, 3.63) is 24.3 Å². The maximum atomic E-state index is 6.11. The molecule has 0 aromatic heterocycles. The number of benzene rings is 1. The quantitative estimate of drug-likeness (QED) is 0.848. The summed E-state index contributed by atoms with van der Waals surface area (Å²) < 4.78 is 0. The van der Waals surface area contributed by atoms with Crippen molar-refractivity contribution in [2.75, 3.05) is 36.8 Å². The third-order valence-electron chi connectivity index (χ3n) is 5.26. The zero-order chi connectivity index (χ0) is 14.8. The molecule has 2 N–H and O–H groups in total. The van der Waals surface area contributed by atoms with Crippen LogP contribution in [0.2, 0.25) is 0 Å². The minimum absolute atomic E-state index is 0.805. The Morgan fingerprint density at radius 3 is 2.14 bits per heavy atom. The molecular weight excluding hydrogens is 258 g/mol. The minimum Gasteiger partial charge on any atom is -0.397 e. The van der Waals surface area contributed by atoms with Gasteiger partial charge in [-0.3, -0.25) is 4.90 Å². The van der Waals surface area contributed by atoms with Gasteiger partial charge in [0.05, 0.1) is 11.4 Å². The van der Waals surface area contributed by atoms with E-state index in [-0.39, 0.29) is 0 Å². The second-order valence-electron chi connectivity index (χ2n) is 7.15. The number of para-hydroxylation sites is 2. The van der Waals surface area contributed by atoms with E-state index in [9.17, 15) is 0 Å². The highest BCUT2D eigenvalue weighted by Gasteiger charge is 2.30. The van der Waals surface area contributed by atoms with E-state index in [0.717, 1.165) is 36.7 Å². The Labute approximate surface area is 129 Å². The first kappa shape index (κ1) is 14.7. The third kappa shape index (κ3) is 3.34. The summed E-state index contributed by atoms with van der Waals surface area (Å²) in [6.07, 6.45) is 4.19. The van der Waals surface area contributed by atoms with Crippen molar-refractivity contribution < 1.29 is 0 Å². The maximum Gasteiger partial charge on any atom is 0.0600 e. The van der Waals surface area contributed by atoms with Crippen LogP contribution in [0.4, 0.5) is 11.4 Å². The monoisotopic (exact) mass is 287 g/mol. The van der Waals surface area contributed by atoms with Gasteiger partial charge in [-0.05, 0) is 43.2 Å². The second kappa shape index (κ2) is 6.27. The van der Waals surface area contributed by atoms with E-state index in [2.05, 4.69) is 35.8 Å². The van der Waals surface area contributed by atoms with Crippen LogP contribution in [-0.2, 0) is 0 Å². The lowest BCUT2D eigenvalue weighted by molar-refractivity contribution is 0.104. The molecule has 116 valence electrons. The molecule has 1 aliphatic heterocycles. The van der Waals surface area contributed by atoms with Gasteiger partial charge in [-0.1, -0.05) is 26.0 Å². The Hall–Kier alpha value is -1.22. The molecule has 1 aliphatic carbocycles. The summed E-state index contributed by atoms with van der Waals surface area (Å²) in [6.45, 7) is 9.41. The van der Waals surface area contributed by atoms with Gasteiger partial charge in [-0.15, -0.1) is 0 Å². The van der Waals surface area contributed by atoms with Gasteiger partial charge < -0.3 is 10.6 Å². The van der Waals surface area contributed by atoms with Gasteiger partial charge >= 0.3 is 0 Å². The summed E-state index contributed by atoms with van der Waals surface area (Å²) in [5, 5.41) is 0. The SMILES string of the molecule is CC1CC(C)CC(N2CCN(c3ccccc3N)CC2)C1. The van der Waals surface area contributed by atoms with E-state index in [1.165, 1.54) is 38.0 Å². The topological polar surface area (TPSA) is 32.5 Å². The van der Waals surface area contributed by atoms with Crippen LogP contribution in [0.3, 0.4) is 0 Å². The Balaban J connectivity index is 1.59. The van der Waals surface area contributed by atoms with Crippen molar-refractivity contribution in [1.29, 1.82) is 0 Å². The van der Waals surface area contributed by atoms with Crippen LogP contribution >= 0.6 is 0 Å². The van der Waals surface area contributed by atoms with Gasteiger partial charge in [-0.25, -0.2) is 0 Å². The van der Waals surface area contributed by atoms with E-state index < -0.39 is 0 Å². The number of anilines is 2. The predicted molar refractivity (Wildman–Crippen MR) is 90.6 cm³/mol. The molecule has 0 radical (unpaired) electrons. The average Bonchev–Trinajstić information content (AvgIpc) is 2.47. The fourth-order valence-electron chi connectivity index (χ4n) is 4.31. The summed E-state index contributed by atoms with van der Waals surface area (Å²) in [5.74, 6) is 1.78. The van der Waals surface area contributed by atoms with Crippen LogP contribution in [-0.4, -0.2) is 37.1 Å². The molecule has 0 spiro atoms. The molecule has 2 atom stereocenters. The van der Waals surface area contributed by atoms with Crippen LogP contribution in [0.15, 0.2) is 24.3 Å². The molecule has 3 heteroatoms. The number of nitrogen functional groups attached to an aromatic ring is 1. The molecule has 2 unspecified atom stereocenters. The largest absolute Gasteiger partial charge is 0.397 e. The van der Waals surface area contributed by atoms with E-state index in [0.29, 0.717) is 0 Å². The molecule has 1 saturated heterocycles.